The van der Waals surface area contributed by atoms with Gasteiger partial charge < -0.3 is 14.3 Å². The number of likely N-dealkylation sites (tertiary alicyclic amines) is 1. The number of hydrogen-bond acceptors (Lipinski definition) is 7. The molecule has 0 aliphatic carbocycles. The van der Waals surface area contributed by atoms with Crippen LogP contribution >= 0.6 is 11.3 Å². The zero-order chi connectivity index (χ0) is 20.9. The van der Waals surface area contributed by atoms with Crippen molar-refractivity contribution in [3.05, 3.63) is 23.4 Å². The number of aromatic nitrogens is 2. The van der Waals surface area contributed by atoms with Crippen LogP contribution in [0.25, 0.3) is 10.7 Å². The first-order chi connectivity index (χ1) is 14.6. The molecule has 162 valence electrons. The summed E-state index contributed by atoms with van der Waals surface area (Å²) in [6, 6.07) is 3.96. The Kier molecular flexibility index (Phi) is 6.79. The van der Waals surface area contributed by atoms with Crippen LogP contribution < -0.4 is 0 Å². The average Bonchev–Trinajstić information content (AvgIpc) is 3.45. The molecule has 0 radical (unpaired) electrons. The topological polar surface area (TPSA) is 82.8 Å². The van der Waals surface area contributed by atoms with E-state index >= 15 is 0 Å². The van der Waals surface area contributed by atoms with Gasteiger partial charge in [-0.2, -0.15) is 4.98 Å². The molecule has 1 unspecified atom stereocenters. The Balaban J connectivity index is 1.18. The van der Waals surface area contributed by atoms with Gasteiger partial charge in [0.1, 0.15) is 0 Å². The highest BCUT2D eigenvalue weighted by Crippen LogP contribution is 2.21. The second-order valence-electron chi connectivity index (χ2n) is 8.22. The van der Waals surface area contributed by atoms with E-state index in [-0.39, 0.29) is 11.8 Å². The summed E-state index contributed by atoms with van der Waals surface area (Å²) in [6.07, 6.45) is 3.78. The molecule has 1 atom stereocenters. The van der Waals surface area contributed by atoms with Gasteiger partial charge in [0.25, 0.3) is 0 Å². The summed E-state index contributed by atoms with van der Waals surface area (Å²) >= 11 is 1.60. The number of piperazine rings is 1. The van der Waals surface area contributed by atoms with Crippen LogP contribution in [0, 0.1) is 5.92 Å². The second-order valence-corrected chi connectivity index (χ2v) is 9.17. The number of carbonyl (C=O) groups excluding carboxylic acids is 2. The monoisotopic (exact) mass is 431 g/mol. The van der Waals surface area contributed by atoms with Gasteiger partial charge in [0.15, 0.2) is 0 Å². The molecule has 9 heteroatoms. The lowest BCUT2D eigenvalue weighted by atomic mass is 10.0. The standard InChI is InChI=1S/C21H29N5O3S/c1-16-5-2-9-26(15-16)21(28)20(27)25-12-10-24(11-13-25)8-3-7-18-22-19(23-29-18)17-6-4-14-30-17/h4,6,14,16H,2-3,5,7-13,15H2,1H3. The zero-order valence-corrected chi connectivity index (χ0v) is 18.3. The summed E-state index contributed by atoms with van der Waals surface area (Å²) < 4.78 is 5.35. The number of aryl methyl sites for hydroxylation is 1. The Morgan fingerprint density at radius 1 is 1.17 bits per heavy atom. The number of rotatable bonds is 5. The van der Waals surface area contributed by atoms with E-state index in [0.717, 1.165) is 50.2 Å². The Morgan fingerprint density at radius 2 is 1.97 bits per heavy atom. The lowest BCUT2D eigenvalue weighted by molar-refractivity contribution is -0.153. The van der Waals surface area contributed by atoms with Crippen LogP contribution in [0.15, 0.2) is 22.0 Å². The van der Waals surface area contributed by atoms with Gasteiger partial charge in [-0.15, -0.1) is 11.3 Å². The highest BCUT2D eigenvalue weighted by Gasteiger charge is 2.31. The third-order valence-corrected chi connectivity index (χ3v) is 6.73. The van der Waals surface area contributed by atoms with E-state index in [2.05, 4.69) is 22.0 Å². The van der Waals surface area contributed by atoms with E-state index in [9.17, 15) is 9.59 Å². The van der Waals surface area contributed by atoms with Crippen molar-refractivity contribution < 1.29 is 14.1 Å². The first-order valence-electron chi connectivity index (χ1n) is 10.8. The maximum atomic E-state index is 12.6. The quantitative estimate of drug-likeness (QED) is 0.675. The summed E-state index contributed by atoms with van der Waals surface area (Å²) in [6.45, 7) is 7.26. The molecule has 2 saturated heterocycles. The van der Waals surface area contributed by atoms with Gasteiger partial charge in [-0.1, -0.05) is 18.1 Å². The van der Waals surface area contributed by atoms with Crippen LogP contribution in [-0.4, -0.2) is 82.5 Å². The fraction of sp³-hybridized carbons (Fsp3) is 0.619. The van der Waals surface area contributed by atoms with Gasteiger partial charge in [0.2, 0.25) is 11.7 Å². The van der Waals surface area contributed by atoms with Crippen LogP contribution in [0.5, 0.6) is 0 Å². The largest absolute Gasteiger partial charge is 0.339 e. The van der Waals surface area contributed by atoms with Crippen molar-refractivity contribution in [3.8, 4) is 10.7 Å². The molecule has 30 heavy (non-hydrogen) atoms. The Bertz CT molecular complexity index is 845. The molecule has 4 heterocycles. The molecule has 2 aliphatic rings. The molecule has 0 N–H and O–H groups in total. The first-order valence-corrected chi connectivity index (χ1v) is 11.6. The van der Waals surface area contributed by atoms with E-state index in [4.69, 9.17) is 4.52 Å². The number of carbonyl (C=O) groups is 2. The molecule has 8 nitrogen and oxygen atoms in total. The van der Waals surface area contributed by atoms with E-state index in [0.29, 0.717) is 43.8 Å². The molecule has 2 amide bonds. The predicted octanol–water partition coefficient (Wildman–Crippen LogP) is 2.13. The third kappa shape index (κ3) is 5.07. The lowest BCUT2D eigenvalue weighted by Crippen LogP contribution is -2.54. The van der Waals surface area contributed by atoms with E-state index < -0.39 is 0 Å². The minimum atomic E-state index is -0.337. The molecule has 2 aromatic rings. The maximum Gasteiger partial charge on any atom is 0.312 e. The van der Waals surface area contributed by atoms with E-state index in [1.165, 1.54) is 0 Å². The van der Waals surface area contributed by atoms with Crippen LogP contribution in [0.1, 0.15) is 32.1 Å². The van der Waals surface area contributed by atoms with E-state index in [1.807, 2.05) is 17.5 Å². The zero-order valence-electron chi connectivity index (χ0n) is 17.5. The van der Waals surface area contributed by atoms with Crippen molar-refractivity contribution >= 4 is 23.2 Å². The highest BCUT2D eigenvalue weighted by atomic mass is 32.1. The maximum absolute atomic E-state index is 12.6. The number of thiophene rings is 1. The van der Waals surface area contributed by atoms with Gasteiger partial charge >= 0.3 is 11.8 Å². The van der Waals surface area contributed by atoms with Gasteiger partial charge in [-0.05, 0) is 43.2 Å². The highest BCUT2D eigenvalue weighted by molar-refractivity contribution is 7.13. The summed E-state index contributed by atoms with van der Waals surface area (Å²) in [7, 11) is 0. The molecule has 2 aliphatic heterocycles. The molecular weight excluding hydrogens is 402 g/mol. The van der Waals surface area contributed by atoms with E-state index in [1.54, 1.807) is 21.1 Å². The number of hydrogen-bond donors (Lipinski definition) is 0. The minimum absolute atomic E-state index is 0.326. The Morgan fingerprint density at radius 3 is 2.70 bits per heavy atom. The summed E-state index contributed by atoms with van der Waals surface area (Å²) in [5, 5.41) is 6.04. The third-order valence-electron chi connectivity index (χ3n) is 5.86. The summed E-state index contributed by atoms with van der Waals surface area (Å²) in [5.74, 6) is 1.13. The Labute approximate surface area is 180 Å². The molecule has 0 bridgehead atoms. The first kappa shape index (κ1) is 21.0. The van der Waals surface area contributed by atoms with Gasteiger partial charge in [0, 0.05) is 45.7 Å². The number of amides is 2. The van der Waals surface area contributed by atoms with Crippen LogP contribution in [-0.2, 0) is 16.0 Å². The predicted molar refractivity (Wildman–Crippen MR) is 114 cm³/mol. The van der Waals surface area contributed by atoms with Crippen LogP contribution in [0.3, 0.4) is 0 Å². The summed E-state index contributed by atoms with van der Waals surface area (Å²) in [4.78, 5) is 36.4. The molecule has 2 fully saturated rings. The van der Waals surface area contributed by atoms with Gasteiger partial charge in [0.05, 0.1) is 4.88 Å². The van der Waals surface area contributed by atoms with Crippen molar-refractivity contribution in [3.63, 3.8) is 0 Å². The fourth-order valence-corrected chi connectivity index (χ4v) is 4.78. The van der Waals surface area contributed by atoms with Crippen molar-refractivity contribution in [1.29, 1.82) is 0 Å². The molecular formula is C21H29N5O3S. The fourth-order valence-electron chi connectivity index (χ4n) is 4.14. The number of piperidine rings is 1. The normalized spacial score (nSPS) is 20.5. The van der Waals surface area contributed by atoms with Gasteiger partial charge in [-0.3, -0.25) is 14.5 Å². The second kappa shape index (κ2) is 9.70. The SMILES string of the molecule is CC1CCCN(C(=O)C(=O)N2CCN(CCCc3nc(-c4cccs4)no3)CC2)C1. The molecule has 0 aromatic carbocycles. The minimum Gasteiger partial charge on any atom is -0.339 e. The number of nitrogens with zero attached hydrogens (tertiary/aromatic N) is 5. The van der Waals surface area contributed by atoms with Gasteiger partial charge in [-0.25, -0.2) is 0 Å². The molecule has 4 rings (SSSR count). The average molecular weight is 432 g/mol. The van der Waals surface area contributed by atoms with Crippen molar-refractivity contribution in [1.82, 2.24) is 24.8 Å². The van der Waals surface area contributed by atoms with Crippen molar-refractivity contribution in [2.75, 3.05) is 45.8 Å². The Hall–Kier alpha value is -2.26. The van der Waals surface area contributed by atoms with Crippen molar-refractivity contribution in [2.45, 2.75) is 32.6 Å². The van der Waals surface area contributed by atoms with Crippen LogP contribution in [0.2, 0.25) is 0 Å². The van der Waals surface area contributed by atoms with Crippen molar-refractivity contribution in [2.24, 2.45) is 5.92 Å². The molecule has 0 spiro atoms. The van der Waals surface area contributed by atoms with Crippen LogP contribution in [0.4, 0.5) is 0 Å². The summed E-state index contributed by atoms with van der Waals surface area (Å²) in [5.41, 5.74) is 0. The lowest BCUT2D eigenvalue weighted by Gasteiger charge is -2.36. The molecule has 0 saturated carbocycles. The molecule has 2 aromatic heterocycles. The smallest absolute Gasteiger partial charge is 0.312 e.